The normalized spacial score (nSPS) is 14.5. The second kappa shape index (κ2) is 12.6. The lowest BCUT2D eigenvalue weighted by atomic mass is 9.91. The lowest BCUT2D eigenvalue weighted by molar-refractivity contribution is 0.0431. The van der Waals surface area contributed by atoms with Crippen LogP contribution in [0.1, 0.15) is 90.7 Å². The van der Waals surface area contributed by atoms with E-state index in [1.807, 2.05) is 6.92 Å². The number of phenolic OH excluding ortho intramolecular Hbond substituents is 2. The van der Waals surface area contributed by atoms with Crippen molar-refractivity contribution in [2.75, 3.05) is 0 Å². The van der Waals surface area contributed by atoms with Crippen molar-refractivity contribution in [3.05, 3.63) is 58.2 Å². The highest BCUT2D eigenvalue weighted by Crippen LogP contribution is 2.30. The molecule has 1 unspecified atom stereocenters. The molecule has 1 aromatic rings. The summed E-state index contributed by atoms with van der Waals surface area (Å²) in [6.45, 7) is 12.3. The molecular weight excluding hydrogens is 372 g/mol. The topological polar surface area (TPSA) is 60.7 Å². The Morgan fingerprint density at radius 3 is 2.03 bits per heavy atom. The monoisotopic (exact) mass is 414 g/mol. The van der Waals surface area contributed by atoms with Crippen LogP contribution in [0.3, 0.4) is 0 Å². The number of aromatic hydroxyl groups is 2. The van der Waals surface area contributed by atoms with Crippen LogP contribution in [-0.4, -0.2) is 20.9 Å². The van der Waals surface area contributed by atoms with Gasteiger partial charge in [0.15, 0.2) is 0 Å². The van der Waals surface area contributed by atoms with E-state index in [-0.39, 0.29) is 11.5 Å². The predicted molar refractivity (Wildman–Crippen MR) is 128 cm³/mol. The Morgan fingerprint density at radius 1 is 0.867 bits per heavy atom. The Kier molecular flexibility index (Phi) is 11.0. The number of phenols is 2. The van der Waals surface area contributed by atoms with Crippen LogP contribution in [0.5, 0.6) is 11.5 Å². The summed E-state index contributed by atoms with van der Waals surface area (Å²) in [4.78, 5) is 0. The Balaban J connectivity index is 2.41. The summed E-state index contributed by atoms with van der Waals surface area (Å²) in [6, 6.07) is 3.13. The van der Waals surface area contributed by atoms with Crippen LogP contribution in [0, 0.1) is 6.92 Å². The van der Waals surface area contributed by atoms with Crippen LogP contribution in [0.15, 0.2) is 47.1 Å². The van der Waals surface area contributed by atoms with Crippen molar-refractivity contribution in [2.24, 2.45) is 0 Å². The first-order valence-electron chi connectivity index (χ1n) is 11.2. The van der Waals surface area contributed by atoms with Gasteiger partial charge in [0, 0.05) is 0 Å². The van der Waals surface area contributed by atoms with E-state index in [1.54, 1.807) is 19.1 Å². The van der Waals surface area contributed by atoms with Gasteiger partial charge in [0.25, 0.3) is 0 Å². The molecule has 0 aliphatic rings. The van der Waals surface area contributed by atoms with Crippen molar-refractivity contribution in [1.29, 1.82) is 0 Å². The van der Waals surface area contributed by atoms with Crippen LogP contribution in [0.4, 0.5) is 0 Å². The fourth-order valence-corrected chi connectivity index (χ4v) is 3.52. The number of rotatable bonds is 12. The molecule has 0 fully saturated rings. The zero-order valence-corrected chi connectivity index (χ0v) is 19.9. The van der Waals surface area contributed by atoms with Crippen LogP contribution in [0.2, 0.25) is 0 Å². The van der Waals surface area contributed by atoms with Gasteiger partial charge in [0.1, 0.15) is 11.5 Å². The Bertz CT molecular complexity index is 763. The molecule has 0 saturated carbocycles. The van der Waals surface area contributed by atoms with E-state index in [0.717, 1.165) is 32.1 Å². The zero-order valence-electron chi connectivity index (χ0n) is 19.9. The van der Waals surface area contributed by atoms with E-state index in [1.165, 1.54) is 16.7 Å². The maximum Gasteiger partial charge on any atom is 0.121 e. The lowest BCUT2D eigenvalue weighted by Gasteiger charge is -2.23. The van der Waals surface area contributed by atoms with Gasteiger partial charge in [-0.3, -0.25) is 0 Å². The van der Waals surface area contributed by atoms with Crippen molar-refractivity contribution >= 4 is 0 Å². The summed E-state index contributed by atoms with van der Waals surface area (Å²) < 4.78 is 0. The Morgan fingerprint density at radius 2 is 1.43 bits per heavy atom. The summed E-state index contributed by atoms with van der Waals surface area (Å²) in [5.41, 5.74) is 4.74. The number of aryl methyl sites for hydroxylation is 2. The molecule has 3 heteroatoms. The molecule has 1 atom stereocenters. The first kappa shape index (κ1) is 26.0. The van der Waals surface area contributed by atoms with E-state index in [0.29, 0.717) is 30.4 Å². The van der Waals surface area contributed by atoms with Crippen molar-refractivity contribution in [3.63, 3.8) is 0 Å². The first-order chi connectivity index (χ1) is 14.0. The molecule has 0 aliphatic heterocycles. The molecule has 1 aromatic carbocycles. The van der Waals surface area contributed by atoms with Crippen LogP contribution in [0.25, 0.3) is 0 Å². The van der Waals surface area contributed by atoms with Crippen LogP contribution < -0.4 is 0 Å². The maximum atomic E-state index is 10.7. The molecule has 0 heterocycles. The minimum atomic E-state index is -0.802. The van der Waals surface area contributed by atoms with Gasteiger partial charge in [-0.15, -0.1) is 0 Å². The van der Waals surface area contributed by atoms with Gasteiger partial charge in [-0.1, -0.05) is 34.9 Å². The number of benzene rings is 1. The van der Waals surface area contributed by atoms with Crippen molar-refractivity contribution in [2.45, 2.75) is 98.5 Å². The molecule has 0 spiro atoms. The molecule has 3 nitrogen and oxygen atoms in total. The Labute approximate surface area is 183 Å². The third kappa shape index (κ3) is 10.7. The summed E-state index contributed by atoms with van der Waals surface area (Å²) in [5, 5.41) is 30.6. The van der Waals surface area contributed by atoms with Crippen molar-refractivity contribution in [1.82, 2.24) is 0 Å². The second-order valence-electron chi connectivity index (χ2n) is 9.27. The van der Waals surface area contributed by atoms with Gasteiger partial charge in [0.05, 0.1) is 5.60 Å². The fraction of sp³-hybridized carbons (Fsp3) is 0.556. The second-order valence-corrected chi connectivity index (χ2v) is 9.27. The summed E-state index contributed by atoms with van der Waals surface area (Å²) in [5.74, 6) is 0.364. The van der Waals surface area contributed by atoms with Crippen LogP contribution in [-0.2, 0) is 6.42 Å². The lowest BCUT2D eigenvalue weighted by Crippen LogP contribution is -2.24. The molecule has 168 valence electrons. The van der Waals surface area contributed by atoms with Gasteiger partial charge in [-0.05, 0) is 116 Å². The SMILES string of the molecule is CC(C)=CCCC(C)=CCCC(C)=CCCC(C)(O)CCc1cc(O)cc(C)c1O. The van der Waals surface area contributed by atoms with E-state index in [4.69, 9.17) is 0 Å². The minimum absolute atomic E-state index is 0.153. The summed E-state index contributed by atoms with van der Waals surface area (Å²) in [6.07, 6.45) is 13.8. The zero-order chi connectivity index (χ0) is 22.7. The molecule has 0 radical (unpaired) electrons. The number of aliphatic hydroxyl groups is 1. The van der Waals surface area contributed by atoms with Gasteiger partial charge in [-0.2, -0.15) is 0 Å². The van der Waals surface area contributed by atoms with Gasteiger partial charge >= 0.3 is 0 Å². The molecular formula is C27H42O3. The highest BCUT2D eigenvalue weighted by Gasteiger charge is 2.20. The molecule has 0 amide bonds. The Hall–Kier alpha value is -2.00. The molecule has 0 aromatic heterocycles. The average molecular weight is 415 g/mol. The van der Waals surface area contributed by atoms with Crippen molar-refractivity contribution in [3.8, 4) is 11.5 Å². The molecule has 0 saturated heterocycles. The summed E-state index contributed by atoms with van der Waals surface area (Å²) >= 11 is 0. The highest BCUT2D eigenvalue weighted by molar-refractivity contribution is 5.45. The quantitative estimate of drug-likeness (QED) is 0.248. The summed E-state index contributed by atoms with van der Waals surface area (Å²) in [7, 11) is 0. The van der Waals surface area contributed by atoms with E-state index < -0.39 is 5.60 Å². The minimum Gasteiger partial charge on any atom is -0.508 e. The molecule has 0 aliphatic carbocycles. The third-order valence-electron chi connectivity index (χ3n) is 5.60. The van der Waals surface area contributed by atoms with Crippen LogP contribution >= 0.6 is 0 Å². The van der Waals surface area contributed by atoms with Gasteiger partial charge < -0.3 is 15.3 Å². The van der Waals surface area contributed by atoms with E-state index >= 15 is 0 Å². The van der Waals surface area contributed by atoms with E-state index in [9.17, 15) is 15.3 Å². The molecule has 0 bridgehead atoms. The standard InChI is InChI=1S/C27H42O3/c1-20(2)10-7-11-21(3)12-8-13-22(4)14-9-16-27(6,30)17-15-24-19-25(28)18-23(5)26(24)29/h10,12,14,18-19,28-30H,7-9,11,13,15-17H2,1-6H3. The number of allylic oxidation sites excluding steroid dienone is 6. The van der Waals surface area contributed by atoms with Crippen molar-refractivity contribution < 1.29 is 15.3 Å². The molecule has 30 heavy (non-hydrogen) atoms. The number of hydrogen-bond acceptors (Lipinski definition) is 3. The maximum absolute atomic E-state index is 10.7. The smallest absolute Gasteiger partial charge is 0.121 e. The number of hydrogen-bond donors (Lipinski definition) is 3. The molecule has 1 rings (SSSR count). The third-order valence-corrected chi connectivity index (χ3v) is 5.60. The average Bonchev–Trinajstić information content (AvgIpc) is 2.63. The first-order valence-corrected chi connectivity index (χ1v) is 11.2. The van der Waals surface area contributed by atoms with Gasteiger partial charge in [0.2, 0.25) is 0 Å². The van der Waals surface area contributed by atoms with E-state index in [2.05, 4.69) is 45.9 Å². The fourth-order valence-electron chi connectivity index (χ4n) is 3.52. The molecule has 3 N–H and O–H groups in total. The highest BCUT2D eigenvalue weighted by atomic mass is 16.3. The van der Waals surface area contributed by atoms with Gasteiger partial charge in [-0.25, -0.2) is 0 Å². The largest absolute Gasteiger partial charge is 0.508 e. The predicted octanol–water partition coefficient (Wildman–Crippen LogP) is 7.29.